The lowest BCUT2D eigenvalue weighted by molar-refractivity contribution is -0.137. The van der Waals surface area contributed by atoms with Gasteiger partial charge in [-0.1, -0.05) is 57.6 Å². The first-order chi connectivity index (χ1) is 12.0. The highest BCUT2D eigenvalue weighted by Gasteiger charge is 2.23. The van der Waals surface area contributed by atoms with Crippen LogP contribution in [0.4, 0.5) is 0 Å². The third kappa shape index (κ3) is 15.1. The van der Waals surface area contributed by atoms with Gasteiger partial charge in [-0.3, -0.25) is 4.79 Å². The van der Waals surface area contributed by atoms with Crippen LogP contribution in [-0.2, 0) is 4.79 Å². The Balaban J connectivity index is 3.75. The van der Waals surface area contributed by atoms with Gasteiger partial charge in [0.05, 0.1) is 12.2 Å². The molecule has 0 heterocycles. The predicted octanol–water partition coefficient (Wildman–Crippen LogP) is 5.08. The highest BCUT2D eigenvalue weighted by Crippen LogP contribution is 2.22. The van der Waals surface area contributed by atoms with E-state index in [1.165, 1.54) is 38.5 Å². The van der Waals surface area contributed by atoms with Crippen molar-refractivity contribution in [1.29, 1.82) is 0 Å². The molecular formula is C21H40O4. The highest BCUT2D eigenvalue weighted by molar-refractivity contribution is 5.66. The van der Waals surface area contributed by atoms with Gasteiger partial charge in [-0.25, -0.2) is 0 Å². The summed E-state index contributed by atoms with van der Waals surface area (Å²) in [7, 11) is 0. The number of aliphatic carboxylic acids is 1. The highest BCUT2D eigenvalue weighted by atomic mass is 16.4. The van der Waals surface area contributed by atoms with Crippen molar-refractivity contribution in [3.63, 3.8) is 0 Å². The van der Waals surface area contributed by atoms with E-state index >= 15 is 0 Å². The average molecular weight is 357 g/mol. The molecule has 0 aromatic carbocycles. The summed E-state index contributed by atoms with van der Waals surface area (Å²) >= 11 is 0. The molecule has 0 aliphatic carbocycles. The zero-order valence-corrected chi connectivity index (χ0v) is 16.3. The SMILES string of the molecule is CCCCCCCCC=CCCCCC(CCC(=O)O)C(O)C(C)O. The number of aliphatic hydroxyl groups is 2. The van der Waals surface area contributed by atoms with E-state index in [2.05, 4.69) is 19.1 Å². The standard InChI is InChI=1S/C21H40O4/c1-3-4-5-6-7-8-9-10-11-12-13-14-15-19(16-17-20(23)24)21(25)18(2)22/h10-11,18-19,21-22,25H,3-9,12-17H2,1-2H3,(H,23,24). The first-order valence-corrected chi connectivity index (χ1v) is 10.2. The van der Waals surface area contributed by atoms with Gasteiger partial charge in [0.15, 0.2) is 0 Å². The molecule has 0 saturated heterocycles. The van der Waals surface area contributed by atoms with Crippen LogP contribution in [-0.4, -0.2) is 33.5 Å². The lowest BCUT2D eigenvalue weighted by Gasteiger charge is -2.24. The average Bonchev–Trinajstić information content (AvgIpc) is 2.57. The van der Waals surface area contributed by atoms with Crippen LogP contribution < -0.4 is 0 Å². The van der Waals surface area contributed by atoms with Gasteiger partial charge >= 0.3 is 5.97 Å². The van der Waals surface area contributed by atoms with Gasteiger partial charge in [0.2, 0.25) is 0 Å². The van der Waals surface area contributed by atoms with E-state index < -0.39 is 18.2 Å². The van der Waals surface area contributed by atoms with E-state index in [0.717, 1.165) is 32.1 Å². The van der Waals surface area contributed by atoms with Crippen LogP contribution >= 0.6 is 0 Å². The molecule has 0 amide bonds. The maximum absolute atomic E-state index is 10.7. The largest absolute Gasteiger partial charge is 0.481 e. The first kappa shape index (κ1) is 24.1. The van der Waals surface area contributed by atoms with Gasteiger partial charge < -0.3 is 15.3 Å². The monoisotopic (exact) mass is 356 g/mol. The van der Waals surface area contributed by atoms with Crippen LogP contribution in [0.2, 0.25) is 0 Å². The molecule has 4 nitrogen and oxygen atoms in total. The second-order valence-corrected chi connectivity index (χ2v) is 7.24. The second kappa shape index (κ2) is 16.6. The Kier molecular flexibility index (Phi) is 16.0. The minimum absolute atomic E-state index is 0.0482. The summed E-state index contributed by atoms with van der Waals surface area (Å²) in [5.41, 5.74) is 0. The van der Waals surface area contributed by atoms with E-state index in [9.17, 15) is 15.0 Å². The van der Waals surface area contributed by atoms with Gasteiger partial charge in [0.25, 0.3) is 0 Å². The fourth-order valence-corrected chi connectivity index (χ4v) is 3.14. The number of hydrogen-bond acceptors (Lipinski definition) is 3. The number of unbranched alkanes of at least 4 members (excludes halogenated alkanes) is 8. The molecule has 148 valence electrons. The Bertz CT molecular complexity index is 339. The Morgan fingerprint density at radius 3 is 2.00 bits per heavy atom. The number of carboxylic acid groups (broad SMARTS) is 1. The topological polar surface area (TPSA) is 77.8 Å². The van der Waals surface area contributed by atoms with Gasteiger partial charge in [-0.05, 0) is 51.4 Å². The van der Waals surface area contributed by atoms with Gasteiger partial charge in [-0.15, -0.1) is 0 Å². The van der Waals surface area contributed by atoms with Crippen LogP contribution in [0.15, 0.2) is 12.2 Å². The number of allylic oxidation sites excluding steroid dienone is 2. The van der Waals surface area contributed by atoms with E-state index in [1.807, 2.05) is 0 Å². The molecule has 3 unspecified atom stereocenters. The second-order valence-electron chi connectivity index (χ2n) is 7.24. The van der Waals surface area contributed by atoms with Crippen LogP contribution in [0.5, 0.6) is 0 Å². The van der Waals surface area contributed by atoms with E-state index in [0.29, 0.717) is 6.42 Å². The third-order valence-electron chi connectivity index (χ3n) is 4.79. The van der Waals surface area contributed by atoms with Crippen molar-refractivity contribution >= 4 is 5.97 Å². The smallest absolute Gasteiger partial charge is 0.303 e. The summed E-state index contributed by atoms with van der Waals surface area (Å²) in [5.74, 6) is -0.983. The van der Waals surface area contributed by atoms with Gasteiger partial charge in [0, 0.05) is 6.42 Å². The maximum Gasteiger partial charge on any atom is 0.303 e. The zero-order chi connectivity index (χ0) is 18.9. The molecule has 0 aromatic heterocycles. The molecule has 4 heteroatoms. The molecule has 25 heavy (non-hydrogen) atoms. The van der Waals surface area contributed by atoms with Crippen LogP contribution in [0.1, 0.15) is 97.3 Å². The van der Waals surface area contributed by atoms with Crippen molar-refractivity contribution in [3.05, 3.63) is 12.2 Å². The number of aliphatic hydroxyl groups excluding tert-OH is 2. The number of rotatable bonds is 17. The molecule has 0 aliphatic rings. The number of carbonyl (C=O) groups is 1. The molecule has 0 radical (unpaired) electrons. The fourth-order valence-electron chi connectivity index (χ4n) is 3.14. The third-order valence-corrected chi connectivity index (χ3v) is 4.79. The Labute approximate surface area is 154 Å². The first-order valence-electron chi connectivity index (χ1n) is 10.2. The summed E-state index contributed by atoms with van der Waals surface area (Å²) in [6, 6.07) is 0. The number of hydrogen-bond donors (Lipinski definition) is 3. The van der Waals surface area contributed by atoms with E-state index in [4.69, 9.17) is 5.11 Å². The summed E-state index contributed by atoms with van der Waals surface area (Å²) in [5, 5.41) is 28.4. The predicted molar refractivity (Wildman–Crippen MR) is 104 cm³/mol. The molecule has 0 aromatic rings. The van der Waals surface area contributed by atoms with Crippen LogP contribution in [0.3, 0.4) is 0 Å². The molecule has 0 rings (SSSR count). The maximum atomic E-state index is 10.7. The van der Waals surface area contributed by atoms with E-state index in [1.54, 1.807) is 6.92 Å². The molecule has 3 N–H and O–H groups in total. The van der Waals surface area contributed by atoms with E-state index in [-0.39, 0.29) is 12.3 Å². The van der Waals surface area contributed by atoms with Gasteiger partial charge in [0.1, 0.15) is 0 Å². The van der Waals surface area contributed by atoms with Crippen molar-refractivity contribution in [2.24, 2.45) is 5.92 Å². The van der Waals surface area contributed by atoms with Crippen molar-refractivity contribution in [2.75, 3.05) is 0 Å². The summed E-state index contributed by atoms with van der Waals surface area (Å²) in [4.78, 5) is 10.7. The fraction of sp³-hybridized carbons (Fsp3) is 0.857. The molecular weight excluding hydrogens is 316 g/mol. The van der Waals surface area contributed by atoms with Crippen LogP contribution in [0, 0.1) is 5.92 Å². The zero-order valence-electron chi connectivity index (χ0n) is 16.3. The molecule has 0 fully saturated rings. The summed E-state index contributed by atoms with van der Waals surface area (Å²) < 4.78 is 0. The molecule has 0 bridgehead atoms. The van der Waals surface area contributed by atoms with Crippen molar-refractivity contribution in [1.82, 2.24) is 0 Å². The van der Waals surface area contributed by atoms with Gasteiger partial charge in [-0.2, -0.15) is 0 Å². The summed E-state index contributed by atoms with van der Waals surface area (Å²) in [6.45, 7) is 3.80. The molecule has 0 aliphatic heterocycles. The normalized spacial score (nSPS) is 15.4. The minimum atomic E-state index is -0.847. The quantitative estimate of drug-likeness (QED) is 0.251. The Morgan fingerprint density at radius 1 is 0.880 bits per heavy atom. The molecule has 0 saturated carbocycles. The molecule has 0 spiro atoms. The van der Waals surface area contributed by atoms with Crippen molar-refractivity contribution in [2.45, 2.75) is 110 Å². The Hall–Kier alpha value is -0.870. The Morgan fingerprint density at radius 2 is 1.44 bits per heavy atom. The van der Waals surface area contributed by atoms with Crippen LogP contribution in [0.25, 0.3) is 0 Å². The van der Waals surface area contributed by atoms with Crippen molar-refractivity contribution in [3.8, 4) is 0 Å². The lowest BCUT2D eigenvalue weighted by atomic mass is 9.88. The minimum Gasteiger partial charge on any atom is -0.481 e. The molecule has 3 atom stereocenters. The number of carboxylic acids is 1. The van der Waals surface area contributed by atoms with Crippen molar-refractivity contribution < 1.29 is 20.1 Å². The summed E-state index contributed by atoms with van der Waals surface area (Å²) in [6.07, 6.45) is 16.3. The lowest BCUT2D eigenvalue weighted by Crippen LogP contribution is -2.31.